The Labute approximate surface area is 99.4 Å². The van der Waals surface area contributed by atoms with Crippen molar-refractivity contribution in [2.75, 3.05) is 6.54 Å². The number of rotatable bonds is 6. The smallest absolute Gasteiger partial charge is 0.303 e. The van der Waals surface area contributed by atoms with E-state index in [9.17, 15) is 9.59 Å². The van der Waals surface area contributed by atoms with Crippen molar-refractivity contribution < 1.29 is 14.7 Å². The molecule has 1 rings (SSSR count). The molecule has 0 fully saturated rings. The number of aromatic nitrogens is 2. The zero-order chi connectivity index (χ0) is 12.8. The predicted octanol–water partition coefficient (Wildman–Crippen LogP) is 1.13. The molecule has 3 N–H and O–H groups in total. The molecule has 6 nitrogen and oxygen atoms in total. The van der Waals surface area contributed by atoms with E-state index in [1.54, 1.807) is 6.07 Å². The third-order valence-electron chi connectivity index (χ3n) is 2.31. The zero-order valence-electron chi connectivity index (χ0n) is 9.99. The van der Waals surface area contributed by atoms with E-state index in [2.05, 4.69) is 15.5 Å². The fourth-order valence-corrected chi connectivity index (χ4v) is 1.28. The number of nitrogens with one attached hydrogen (secondary N) is 2. The van der Waals surface area contributed by atoms with Crippen LogP contribution in [0.25, 0.3) is 0 Å². The van der Waals surface area contributed by atoms with Gasteiger partial charge in [-0.15, -0.1) is 0 Å². The molecule has 94 valence electrons. The lowest BCUT2D eigenvalue weighted by atomic mass is 10.1. The second kappa shape index (κ2) is 6.03. The van der Waals surface area contributed by atoms with Crippen molar-refractivity contribution in [3.63, 3.8) is 0 Å². The first-order valence-corrected chi connectivity index (χ1v) is 5.56. The van der Waals surface area contributed by atoms with Crippen LogP contribution in [-0.4, -0.2) is 33.7 Å². The van der Waals surface area contributed by atoms with Crippen molar-refractivity contribution >= 4 is 11.9 Å². The van der Waals surface area contributed by atoms with Gasteiger partial charge in [-0.3, -0.25) is 14.7 Å². The van der Waals surface area contributed by atoms with Gasteiger partial charge < -0.3 is 10.4 Å². The van der Waals surface area contributed by atoms with E-state index in [4.69, 9.17) is 5.11 Å². The van der Waals surface area contributed by atoms with Gasteiger partial charge in [0.2, 0.25) is 0 Å². The van der Waals surface area contributed by atoms with Crippen molar-refractivity contribution in [2.24, 2.45) is 0 Å². The molecule has 0 bridgehead atoms. The van der Waals surface area contributed by atoms with Crippen LogP contribution in [0.2, 0.25) is 0 Å². The maximum absolute atomic E-state index is 11.6. The highest BCUT2D eigenvalue weighted by molar-refractivity contribution is 5.92. The number of aromatic amines is 1. The van der Waals surface area contributed by atoms with Gasteiger partial charge >= 0.3 is 5.97 Å². The van der Waals surface area contributed by atoms with Crippen LogP contribution in [0, 0.1) is 0 Å². The summed E-state index contributed by atoms with van der Waals surface area (Å²) < 4.78 is 0. The summed E-state index contributed by atoms with van der Waals surface area (Å²) in [7, 11) is 0. The Balaban J connectivity index is 2.39. The van der Waals surface area contributed by atoms with Gasteiger partial charge in [0.15, 0.2) is 0 Å². The summed E-state index contributed by atoms with van der Waals surface area (Å²) >= 11 is 0. The van der Waals surface area contributed by atoms with Gasteiger partial charge in [-0.25, -0.2) is 0 Å². The van der Waals surface area contributed by atoms with Crippen molar-refractivity contribution in [2.45, 2.75) is 32.6 Å². The number of hydrogen-bond acceptors (Lipinski definition) is 3. The molecule has 0 aliphatic rings. The monoisotopic (exact) mass is 239 g/mol. The third-order valence-corrected chi connectivity index (χ3v) is 2.31. The topological polar surface area (TPSA) is 95.1 Å². The molecule has 0 spiro atoms. The number of hydrogen-bond donors (Lipinski definition) is 3. The number of carbonyl (C=O) groups is 2. The molecule has 0 radical (unpaired) electrons. The van der Waals surface area contributed by atoms with E-state index in [0.717, 1.165) is 5.69 Å². The number of H-pyrrole nitrogens is 1. The highest BCUT2D eigenvalue weighted by atomic mass is 16.4. The Morgan fingerprint density at radius 1 is 1.53 bits per heavy atom. The molecule has 6 heteroatoms. The van der Waals surface area contributed by atoms with Gasteiger partial charge in [-0.05, 0) is 18.4 Å². The maximum atomic E-state index is 11.6. The first kappa shape index (κ1) is 13.2. The minimum Gasteiger partial charge on any atom is -0.481 e. The number of carboxylic acid groups (broad SMARTS) is 1. The van der Waals surface area contributed by atoms with E-state index in [0.29, 0.717) is 18.7 Å². The Morgan fingerprint density at radius 2 is 2.24 bits per heavy atom. The molecule has 0 unspecified atom stereocenters. The molecule has 1 heterocycles. The largest absolute Gasteiger partial charge is 0.481 e. The normalized spacial score (nSPS) is 10.5. The number of amides is 1. The average Bonchev–Trinajstić information content (AvgIpc) is 2.73. The highest BCUT2D eigenvalue weighted by Crippen LogP contribution is 2.11. The summed E-state index contributed by atoms with van der Waals surface area (Å²) in [6.45, 7) is 4.35. The van der Waals surface area contributed by atoms with Crippen LogP contribution in [0.5, 0.6) is 0 Å². The fraction of sp³-hybridized carbons (Fsp3) is 0.545. The third kappa shape index (κ3) is 4.26. The van der Waals surface area contributed by atoms with E-state index in [1.807, 2.05) is 13.8 Å². The van der Waals surface area contributed by atoms with Crippen molar-refractivity contribution in [1.82, 2.24) is 15.5 Å². The highest BCUT2D eigenvalue weighted by Gasteiger charge is 2.11. The first-order valence-electron chi connectivity index (χ1n) is 5.56. The van der Waals surface area contributed by atoms with Gasteiger partial charge in [0.1, 0.15) is 5.69 Å². The molecule has 1 aromatic rings. The molecule has 0 saturated heterocycles. The molecule has 0 saturated carbocycles. The Morgan fingerprint density at radius 3 is 2.76 bits per heavy atom. The van der Waals surface area contributed by atoms with E-state index in [1.165, 1.54) is 0 Å². The van der Waals surface area contributed by atoms with Crippen molar-refractivity contribution in [3.8, 4) is 0 Å². The molecule has 1 aromatic heterocycles. The van der Waals surface area contributed by atoms with Gasteiger partial charge in [0.05, 0.1) is 0 Å². The lowest BCUT2D eigenvalue weighted by molar-refractivity contribution is -0.137. The van der Waals surface area contributed by atoms with Crippen LogP contribution >= 0.6 is 0 Å². The van der Waals surface area contributed by atoms with E-state index >= 15 is 0 Å². The standard InChI is InChI=1S/C11H17N3O3/c1-7(2)8-6-9(14-13-8)11(17)12-5-3-4-10(15)16/h6-7H,3-5H2,1-2H3,(H,12,17)(H,13,14)(H,15,16). The molecular formula is C11H17N3O3. The fourth-order valence-electron chi connectivity index (χ4n) is 1.28. The molecule has 1 amide bonds. The van der Waals surface area contributed by atoms with E-state index < -0.39 is 5.97 Å². The van der Waals surface area contributed by atoms with Crippen LogP contribution in [0.4, 0.5) is 0 Å². The summed E-state index contributed by atoms with van der Waals surface area (Å²) in [5.74, 6) is -0.851. The minimum absolute atomic E-state index is 0.0537. The minimum atomic E-state index is -0.860. The quantitative estimate of drug-likeness (QED) is 0.648. The zero-order valence-corrected chi connectivity index (χ0v) is 9.99. The maximum Gasteiger partial charge on any atom is 0.303 e. The Kier molecular flexibility index (Phi) is 4.68. The lowest BCUT2D eigenvalue weighted by Gasteiger charge is -2.00. The molecule has 17 heavy (non-hydrogen) atoms. The summed E-state index contributed by atoms with van der Waals surface area (Å²) in [4.78, 5) is 21.8. The van der Waals surface area contributed by atoms with Gasteiger partial charge in [-0.1, -0.05) is 13.8 Å². The van der Waals surface area contributed by atoms with Crippen LogP contribution < -0.4 is 5.32 Å². The molecule has 0 atom stereocenters. The second-order valence-corrected chi connectivity index (χ2v) is 4.12. The number of aliphatic carboxylic acids is 1. The second-order valence-electron chi connectivity index (χ2n) is 4.12. The summed E-state index contributed by atoms with van der Waals surface area (Å²) in [6.07, 6.45) is 0.473. The van der Waals surface area contributed by atoms with Crippen LogP contribution in [0.1, 0.15) is 48.8 Å². The van der Waals surface area contributed by atoms with Crippen LogP contribution in [-0.2, 0) is 4.79 Å². The summed E-state index contributed by atoms with van der Waals surface area (Å²) in [6, 6.07) is 1.71. The Hall–Kier alpha value is -1.85. The SMILES string of the molecule is CC(C)c1cc(C(=O)NCCCC(=O)O)n[nH]1. The van der Waals surface area contributed by atoms with Gasteiger partial charge in [-0.2, -0.15) is 5.10 Å². The van der Waals surface area contributed by atoms with Crippen molar-refractivity contribution in [3.05, 3.63) is 17.5 Å². The molecule has 0 aliphatic heterocycles. The molecule has 0 aromatic carbocycles. The predicted molar refractivity (Wildman–Crippen MR) is 61.9 cm³/mol. The van der Waals surface area contributed by atoms with Gasteiger partial charge in [0, 0.05) is 18.7 Å². The van der Waals surface area contributed by atoms with E-state index in [-0.39, 0.29) is 18.2 Å². The van der Waals surface area contributed by atoms with Crippen molar-refractivity contribution in [1.29, 1.82) is 0 Å². The number of nitrogens with zero attached hydrogens (tertiary/aromatic N) is 1. The lowest BCUT2D eigenvalue weighted by Crippen LogP contribution is -2.25. The van der Waals surface area contributed by atoms with Crippen LogP contribution in [0.15, 0.2) is 6.07 Å². The summed E-state index contributed by atoms with van der Waals surface area (Å²) in [5, 5.41) is 17.7. The first-order chi connectivity index (χ1) is 8.00. The molecule has 0 aliphatic carbocycles. The van der Waals surface area contributed by atoms with Gasteiger partial charge in [0.25, 0.3) is 5.91 Å². The molecular weight excluding hydrogens is 222 g/mol. The number of carbonyl (C=O) groups excluding carboxylic acids is 1. The number of carboxylic acids is 1. The van der Waals surface area contributed by atoms with Crippen LogP contribution in [0.3, 0.4) is 0 Å². The summed E-state index contributed by atoms with van der Waals surface area (Å²) in [5.41, 5.74) is 1.24. The average molecular weight is 239 g/mol. The Bertz CT molecular complexity index is 398.